The molecule has 0 aliphatic carbocycles. The van der Waals surface area contributed by atoms with Gasteiger partial charge in [-0.3, -0.25) is 14.8 Å². The molecule has 0 atom stereocenters. The minimum Gasteiger partial charge on any atom is -0.358 e. The van der Waals surface area contributed by atoms with Crippen LogP contribution in [0.4, 0.5) is 4.39 Å². The second-order valence-electron chi connectivity index (χ2n) is 5.38. The van der Waals surface area contributed by atoms with Crippen LogP contribution >= 0.6 is 0 Å². The molecule has 1 aromatic carbocycles. The highest BCUT2D eigenvalue weighted by molar-refractivity contribution is 5.98. The molecule has 4 nitrogen and oxygen atoms in total. The zero-order valence-electron chi connectivity index (χ0n) is 14.9. The number of rotatable bonds is 6. The number of nitrogens with zero attached hydrogens (tertiary/aromatic N) is 2. The van der Waals surface area contributed by atoms with Gasteiger partial charge in [-0.2, -0.15) is 0 Å². The van der Waals surface area contributed by atoms with Crippen molar-refractivity contribution in [3.63, 3.8) is 0 Å². The van der Waals surface area contributed by atoms with Crippen LogP contribution in [-0.4, -0.2) is 30.7 Å². The Hall–Kier alpha value is -2.82. The number of hydrogen-bond acceptors (Lipinski definition) is 3. The van der Waals surface area contributed by atoms with E-state index >= 15 is 0 Å². The van der Waals surface area contributed by atoms with Crippen molar-refractivity contribution in [2.24, 2.45) is 4.99 Å². The van der Waals surface area contributed by atoms with Gasteiger partial charge in [-0.15, -0.1) is 0 Å². The topological polar surface area (TPSA) is 54.4 Å². The Bertz CT molecular complexity index is 695. The van der Waals surface area contributed by atoms with Crippen molar-refractivity contribution in [2.75, 3.05) is 13.6 Å². The molecule has 132 valence electrons. The van der Waals surface area contributed by atoms with Crippen molar-refractivity contribution in [1.82, 2.24) is 10.3 Å². The van der Waals surface area contributed by atoms with Crippen molar-refractivity contribution in [3.8, 4) is 0 Å². The summed E-state index contributed by atoms with van der Waals surface area (Å²) < 4.78 is 12.6. The summed E-state index contributed by atoms with van der Waals surface area (Å²) in [5.74, 6) is -0.206. The molecule has 1 N–H and O–H groups in total. The minimum atomic E-state index is -0.206. The molecule has 2 rings (SSSR count). The predicted molar refractivity (Wildman–Crippen MR) is 101 cm³/mol. The number of aromatic nitrogens is 1. The average molecular weight is 341 g/mol. The quantitative estimate of drug-likeness (QED) is 0.495. The molecule has 0 saturated heterocycles. The third-order valence-electron chi connectivity index (χ3n) is 3.47. The first-order valence-electron chi connectivity index (χ1n) is 8.00. The highest BCUT2D eigenvalue weighted by atomic mass is 19.1. The number of carbonyl (C=O) groups excluding carboxylic acids is 1. The summed E-state index contributed by atoms with van der Waals surface area (Å²) in [6.07, 6.45) is 7.04. The van der Waals surface area contributed by atoms with Crippen LogP contribution in [0.15, 0.2) is 59.9 Å². The molecular weight excluding hydrogens is 317 g/mol. The van der Waals surface area contributed by atoms with E-state index in [1.54, 1.807) is 31.6 Å². The lowest BCUT2D eigenvalue weighted by Gasteiger charge is -2.00. The first kappa shape index (κ1) is 20.2. The summed E-state index contributed by atoms with van der Waals surface area (Å²) in [5.41, 5.74) is 4.27. The van der Waals surface area contributed by atoms with Gasteiger partial charge in [-0.25, -0.2) is 4.39 Å². The molecule has 0 radical (unpaired) electrons. The Kier molecular flexibility index (Phi) is 9.45. The van der Waals surface area contributed by atoms with E-state index in [2.05, 4.69) is 15.3 Å². The fourth-order valence-corrected chi connectivity index (χ4v) is 2.00. The Morgan fingerprint density at radius 1 is 1.16 bits per heavy atom. The molecule has 1 heterocycles. The van der Waals surface area contributed by atoms with Gasteiger partial charge in [-0.1, -0.05) is 12.1 Å². The lowest BCUT2D eigenvalue weighted by atomic mass is 10.1. The smallest absolute Gasteiger partial charge is 0.207 e. The molecule has 0 fully saturated rings. The van der Waals surface area contributed by atoms with Crippen LogP contribution in [0.5, 0.6) is 0 Å². The van der Waals surface area contributed by atoms with Gasteiger partial charge in [0.1, 0.15) is 5.82 Å². The number of benzene rings is 1. The van der Waals surface area contributed by atoms with Crippen LogP contribution in [0.3, 0.4) is 0 Å². The van der Waals surface area contributed by atoms with E-state index < -0.39 is 0 Å². The highest BCUT2D eigenvalue weighted by Crippen LogP contribution is 2.14. The normalized spacial score (nSPS) is 11.4. The standard InChI is InChI=1S/C12H14FN.C8H10N2O/c1-9(8-10(2)14-3)11-4-6-12(13)7-5-11;11-7-10-6-3-8-1-4-9-5-2-8/h4-8H,1-3H3;1-2,4-5,7H,3,6H2,(H,10,11)/b9-8+,14-10?;. The van der Waals surface area contributed by atoms with Crippen molar-refractivity contribution >= 4 is 17.7 Å². The van der Waals surface area contributed by atoms with Gasteiger partial charge < -0.3 is 5.32 Å². The van der Waals surface area contributed by atoms with Crippen LogP contribution in [0.2, 0.25) is 0 Å². The van der Waals surface area contributed by atoms with Crippen LogP contribution < -0.4 is 5.32 Å². The molecule has 0 saturated carbocycles. The van der Waals surface area contributed by atoms with Crippen LogP contribution in [-0.2, 0) is 11.2 Å². The van der Waals surface area contributed by atoms with Crippen molar-refractivity contribution in [1.29, 1.82) is 0 Å². The fourth-order valence-electron chi connectivity index (χ4n) is 2.00. The second kappa shape index (κ2) is 11.7. The number of pyridine rings is 1. The summed E-state index contributed by atoms with van der Waals surface area (Å²) in [6.45, 7) is 4.61. The highest BCUT2D eigenvalue weighted by Gasteiger charge is 1.96. The van der Waals surface area contributed by atoms with E-state index in [4.69, 9.17) is 0 Å². The molecule has 0 aliphatic rings. The number of allylic oxidation sites excluding steroid dienone is 2. The van der Waals surface area contributed by atoms with Crippen molar-refractivity contribution in [3.05, 3.63) is 71.8 Å². The number of halogens is 1. The molecule has 1 aromatic heterocycles. The molecule has 5 heteroatoms. The van der Waals surface area contributed by atoms with Gasteiger partial charge in [0.15, 0.2) is 0 Å². The Morgan fingerprint density at radius 3 is 2.36 bits per heavy atom. The Morgan fingerprint density at radius 2 is 1.80 bits per heavy atom. The summed E-state index contributed by atoms with van der Waals surface area (Å²) in [5, 5.41) is 2.60. The van der Waals surface area contributed by atoms with Gasteiger partial charge in [0.05, 0.1) is 0 Å². The second-order valence-corrected chi connectivity index (χ2v) is 5.38. The zero-order chi connectivity index (χ0) is 18.5. The summed E-state index contributed by atoms with van der Waals surface area (Å²) in [7, 11) is 1.75. The molecular formula is C20H24FN3O. The summed E-state index contributed by atoms with van der Waals surface area (Å²) in [4.78, 5) is 17.8. The monoisotopic (exact) mass is 341 g/mol. The van der Waals surface area contributed by atoms with Crippen LogP contribution in [0, 0.1) is 5.82 Å². The maximum atomic E-state index is 12.6. The molecule has 0 spiro atoms. The fraction of sp³-hybridized carbons (Fsp3) is 0.250. The number of amides is 1. The third-order valence-corrected chi connectivity index (χ3v) is 3.47. The molecule has 1 amide bonds. The van der Waals surface area contributed by atoms with Gasteiger partial charge in [0.25, 0.3) is 0 Å². The lowest BCUT2D eigenvalue weighted by molar-refractivity contribution is -0.109. The van der Waals surface area contributed by atoms with Gasteiger partial charge in [0, 0.05) is 31.7 Å². The minimum absolute atomic E-state index is 0.206. The molecule has 25 heavy (non-hydrogen) atoms. The van der Waals surface area contributed by atoms with E-state index in [0.717, 1.165) is 23.3 Å². The van der Waals surface area contributed by atoms with Crippen LogP contribution in [0.1, 0.15) is 25.0 Å². The first-order valence-corrected chi connectivity index (χ1v) is 8.00. The van der Waals surface area contributed by atoms with Crippen molar-refractivity contribution in [2.45, 2.75) is 20.3 Å². The van der Waals surface area contributed by atoms with E-state index in [9.17, 15) is 9.18 Å². The van der Waals surface area contributed by atoms with E-state index in [-0.39, 0.29) is 5.82 Å². The molecule has 0 bridgehead atoms. The number of carbonyl (C=O) groups is 1. The number of hydrogen-bond donors (Lipinski definition) is 1. The lowest BCUT2D eigenvalue weighted by Crippen LogP contribution is -2.14. The van der Waals surface area contributed by atoms with Gasteiger partial charge >= 0.3 is 0 Å². The van der Waals surface area contributed by atoms with E-state index in [1.807, 2.05) is 32.1 Å². The average Bonchev–Trinajstić information content (AvgIpc) is 2.64. The molecule has 0 aliphatic heterocycles. The van der Waals surface area contributed by atoms with Crippen molar-refractivity contribution < 1.29 is 9.18 Å². The SMILES string of the molecule is CN=C(C)/C=C(\C)c1ccc(F)cc1.O=CNCCc1ccncc1. The summed E-state index contributed by atoms with van der Waals surface area (Å²) in [6, 6.07) is 10.3. The van der Waals surface area contributed by atoms with E-state index in [1.165, 1.54) is 17.7 Å². The van der Waals surface area contributed by atoms with E-state index in [0.29, 0.717) is 13.0 Å². The first-order chi connectivity index (χ1) is 12.1. The molecule has 2 aromatic rings. The van der Waals surface area contributed by atoms with Gasteiger partial charge in [0.2, 0.25) is 6.41 Å². The maximum Gasteiger partial charge on any atom is 0.207 e. The Balaban J connectivity index is 0.000000257. The maximum absolute atomic E-state index is 12.6. The zero-order valence-corrected chi connectivity index (χ0v) is 14.9. The molecule has 0 unspecified atom stereocenters. The summed E-state index contributed by atoms with van der Waals surface area (Å²) >= 11 is 0. The van der Waals surface area contributed by atoms with Crippen LogP contribution in [0.25, 0.3) is 5.57 Å². The Labute approximate surface area is 148 Å². The largest absolute Gasteiger partial charge is 0.358 e. The third kappa shape index (κ3) is 8.55. The predicted octanol–water partition coefficient (Wildman–Crippen LogP) is 3.69. The van der Waals surface area contributed by atoms with Gasteiger partial charge in [-0.05, 0) is 67.3 Å². The number of aliphatic imine (C=N–C) groups is 1. The number of nitrogens with one attached hydrogen (secondary N) is 1.